The Morgan fingerprint density at radius 1 is 1.02 bits per heavy atom. The lowest BCUT2D eigenvalue weighted by Gasteiger charge is -2.15. The molecule has 5 nitrogen and oxygen atoms in total. The maximum Gasteiger partial charge on any atom is 0.129 e. The summed E-state index contributed by atoms with van der Waals surface area (Å²) in [6.07, 6.45) is 9.83. The average Bonchev–Trinajstić information content (AvgIpc) is 3.09. The van der Waals surface area contributed by atoms with E-state index in [-0.39, 0.29) is 11.7 Å². The van der Waals surface area contributed by atoms with Gasteiger partial charge in [-0.2, -0.15) is 0 Å². The maximum absolute atomic E-state index is 10.0. The molecule has 3 rings (SSSR count). The molecule has 0 aliphatic rings. The van der Waals surface area contributed by atoms with Gasteiger partial charge in [0.05, 0.1) is 17.3 Å². The van der Waals surface area contributed by atoms with E-state index in [0.29, 0.717) is 17.4 Å². The van der Waals surface area contributed by atoms with Crippen LogP contribution >= 0.6 is 27.5 Å². The molecular weight excluding hydrogens is 682 g/mol. The highest BCUT2D eigenvalue weighted by molar-refractivity contribution is 9.12. The highest BCUT2D eigenvalue weighted by atomic mass is 79.9. The molecule has 0 aliphatic heterocycles. The third-order valence-corrected chi connectivity index (χ3v) is 8.42. The molecule has 0 radical (unpaired) electrons. The van der Waals surface area contributed by atoms with Gasteiger partial charge in [0.25, 0.3) is 0 Å². The second kappa shape index (κ2) is 24.5. The predicted octanol–water partition coefficient (Wildman–Crippen LogP) is 11.4. The van der Waals surface area contributed by atoms with Gasteiger partial charge in [-0.15, -0.1) is 0 Å². The molecule has 3 N–H and O–H groups in total. The lowest BCUT2D eigenvalue weighted by atomic mass is 10.0. The first-order valence-corrected chi connectivity index (χ1v) is 17.9. The number of methoxy groups -OCH3 is 1. The van der Waals surface area contributed by atoms with Crippen molar-refractivity contribution in [3.63, 3.8) is 0 Å². The molecule has 3 aromatic rings. The number of ketones is 1. The van der Waals surface area contributed by atoms with Crippen molar-refractivity contribution >= 4 is 44.6 Å². The van der Waals surface area contributed by atoms with Crippen molar-refractivity contribution in [2.45, 2.75) is 86.6 Å². The number of nitrogens with zero attached hydrogens (tertiary/aromatic N) is 1. The van der Waals surface area contributed by atoms with Gasteiger partial charge in [-0.05, 0) is 108 Å². The quantitative estimate of drug-likeness (QED) is 0.120. The number of aliphatic imine (C=N–C) groups is 1. The third kappa shape index (κ3) is 17.0. The highest BCUT2D eigenvalue weighted by Crippen LogP contribution is 2.25. The fourth-order valence-corrected chi connectivity index (χ4v) is 5.06. The number of ether oxygens (including phenoxy) is 1. The summed E-state index contributed by atoms with van der Waals surface area (Å²) in [4.78, 5) is 15.0. The lowest BCUT2D eigenvalue weighted by molar-refractivity contribution is -0.117. The van der Waals surface area contributed by atoms with Crippen LogP contribution in [-0.4, -0.2) is 18.6 Å². The van der Waals surface area contributed by atoms with Crippen LogP contribution in [0.2, 0.25) is 5.02 Å². The van der Waals surface area contributed by atoms with Crippen molar-refractivity contribution in [3.05, 3.63) is 129 Å². The Morgan fingerprint density at radius 2 is 1.65 bits per heavy atom. The molecule has 1 unspecified atom stereocenters. The second-order valence-corrected chi connectivity index (χ2v) is 12.9. The fraction of sp³-hybridized carbons (Fsp3) is 0.366. The van der Waals surface area contributed by atoms with E-state index in [1.54, 1.807) is 14.0 Å². The number of hydrogen-bond donors (Lipinski definition) is 2. The van der Waals surface area contributed by atoms with Crippen LogP contribution in [-0.2, 0) is 17.8 Å². The lowest BCUT2D eigenvalue weighted by Crippen LogP contribution is -2.17. The summed E-state index contributed by atoms with van der Waals surface area (Å²) in [7, 11) is 1.70. The Morgan fingerprint density at radius 3 is 2.15 bits per heavy atom. The SMILES string of the molecule is C=C(\C=C(/N=C(/C(Br)=C\N)C(C)CC)NCc1ccc(C)cc1)c1ccccc1Cl.CCCC(C)=O.CCCCc1ccc(OC)cc1. The molecule has 1 atom stereocenters. The van der Waals surface area contributed by atoms with Crippen molar-refractivity contribution in [3.8, 4) is 5.75 Å². The summed E-state index contributed by atoms with van der Waals surface area (Å²) >= 11 is 9.91. The summed E-state index contributed by atoms with van der Waals surface area (Å²) in [5.74, 6) is 2.17. The van der Waals surface area contributed by atoms with E-state index >= 15 is 0 Å². The minimum atomic E-state index is 0.234. The number of hydrogen-bond acceptors (Lipinski definition) is 5. The Bertz CT molecular complexity index is 1480. The molecule has 0 aliphatic carbocycles. The molecule has 0 fully saturated rings. The minimum Gasteiger partial charge on any atom is -0.497 e. The molecular formula is C41H55BrClN3O2. The van der Waals surface area contributed by atoms with Crippen LogP contribution in [0, 0.1) is 12.8 Å². The number of nitrogens with one attached hydrogen (secondary N) is 1. The van der Waals surface area contributed by atoms with E-state index in [2.05, 4.69) is 91.9 Å². The number of allylic oxidation sites excluding steroid dienone is 3. The number of carbonyl (C=O) groups is 1. The number of halogens is 2. The molecule has 0 amide bonds. The zero-order chi connectivity index (χ0) is 35.9. The minimum absolute atomic E-state index is 0.234. The summed E-state index contributed by atoms with van der Waals surface area (Å²) < 4.78 is 5.85. The van der Waals surface area contributed by atoms with E-state index in [0.717, 1.165) is 46.3 Å². The Balaban J connectivity index is 0.000000522. The van der Waals surface area contributed by atoms with Crippen molar-refractivity contribution in [1.29, 1.82) is 0 Å². The van der Waals surface area contributed by atoms with Gasteiger partial charge < -0.3 is 20.6 Å². The number of aryl methyl sites for hydroxylation is 2. The van der Waals surface area contributed by atoms with E-state index in [4.69, 9.17) is 27.1 Å². The largest absolute Gasteiger partial charge is 0.497 e. The van der Waals surface area contributed by atoms with Crippen LogP contribution < -0.4 is 15.8 Å². The Kier molecular flexibility index (Phi) is 21.7. The molecule has 0 bridgehead atoms. The van der Waals surface area contributed by atoms with Crippen LogP contribution in [0.3, 0.4) is 0 Å². The Labute approximate surface area is 303 Å². The molecule has 0 aromatic heterocycles. The molecule has 0 heterocycles. The smallest absolute Gasteiger partial charge is 0.129 e. The first-order valence-electron chi connectivity index (χ1n) is 16.7. The van der Waals surface area contributed by atoms with Crippen LogP contribution in [0.25, 0.3) is 5.57 Å². The summed E-state index contributed by atoms with van der Waals surface area (Å²) in [6.45, 7) is 17.0. The van der Waals surface area contributed by atoms with Crippen molar-refractivity contribution in [1.82, 2.24) is 5.32 Å². The summed E-state index contributed by atoms with van der Waals surface area (Å²) in [5, 5.41) is 4.10. The second-order valence-electron chi connectivity index (χ2n) is 11.6. The monoisotopic (exact) mass is 735 g/mol. The first-order chi connectivity index (χ1) is 23.0. The van der Waals surface area contributed by atoms with Gasteiger partial charge in [-0.25, -0.2) is 4.99 Å². The number of nitrogens with two attached hydrogens (primary N) is 1. The number of carbonyl (C=O) groups excluding carboxylic acids is 1. The molecule has 3 aromatic carbocycles. The average molecular weight is 737 g/mol. The van der Waals surface area contributed by atoms with Gasteiger partial charge in [-0.1, -0.05) is 112 Å². The van der Waals surface area contributed by atoms with Gasteiger partial charge in [0.2, 0.25) is 0 Å². The zero-order valence-corrected chi connectivity index (χ0v) is 32.3. The van der Waals surface area contributed by atoms with Gasteiger partial charge in [0.15, 0.2) is 0 Å². The topological polar surface area (TPSA) is 76.7 Å². The Hall–Kier alpha value is -3.61. The number of Topliss-reactive ketones (excluding diaryl/α,β-unsaturated/α-hetero) is 1. The van der Waals surface area contributed by atoms with Gasteiger partial charge in [0.1, 0.15) is 17.4 Å². The van der Waals surface area contributed by atoms with Crippen molar-refractivity contribution in [2.24, 2.45) is 16.6 Å². The molecule has 260 valence electrons. The van der Waals surface area contributed by atoms with E-state index < -0.39 is 0 Å². The normalized spacial score (nSPS) is 12.1. The highest BCUT2D eigenvalue weighted by Gasteiger charge is 2.14. The number of benzene rings is 3. The maximum atomic E-state index is 10.0. The predicted molar refractivity (Wildman–Crippen MR) is 212 cm³/mol. The van der Waals surface area contributed by atoms with Gasteiger partial charge in [-0.3, -0.25) is 0 Å². The van der Waals surface area contributed by atoms with Crippen LogP contribution in [0.1, 0.15) is 89.0 Å². The molecule has 48 heavy (non-hydrogen) atoms. The van der Waals surface area contributed by atoms with Crippen molar-refractivity contribution in [2.75, 3.05) is 7.11 Å². The van der Waals surface area contributed by atoms with Crippen LogP contribution in [0.5, 0.6) is 5.75 Å². The number of rotatable bonds is 15. The number of unbranched alkanes of at least 4 members (excludes halogenated alkanes) is 1. The van der Waals surface area contributed by atoms with Crippen molar-refractivity contribution < 1.29 is 9.53 Å². The van der Waals surface area contributed by atoms with Gasteiger partial charge >= 0.3 is 0 Å². The zero-order valence-electron chi connectivity index (χ0n) is 29.9. The standard InChI is InChI=1S/C25H29BrClN3.C11H16O.C5H10O/c1-5-18(3)25(22(26)15-28)30-24(29-16-20-12-10-17(2)11-13-20)14-19(4)21-8-6-7-9-23(21)27;1-3-4-5-10-6-8-11(12-2)9-7-10;1-3-4-5(2)6/h6-15,18,29H,4-5,16,28H2,1-3H3;6-9H,3-5H2,1-2H3;3-4H2,1-2H3/b22-15+,24-14-,30-25+;;. The van der Waals surface area contributed by atoms with E-state index in [1.165, 1.54) is 42.2 Å². The van der Waals surface area contributed by atoms with Gasteiger partial charge in [0, 0.05) is 24.2 Å². The molecule has 0 saturated carbocycles. The van der Waals surface area contributed by atoms with E-state index in [1.807, 2.05) is 49.4 Å². The molecule has 0 spiro atoms. The summed E-state index contributed by atoms with van der Waals surface area (Å²) in [6, 6.07) is 24.4. The molecule has 0 saturated heterocycles. The van der Waals surface area contributed by atoms with Crippen LogP contribution in [0.15, 0.2) is 107 Å². The first kappa shape index (κ1) is 42.4. The summed E-state index contributed by atoms with van der Waals surface area (Å²) in [5.41, 5.74) is 12.1. The third-order valence-electron chi connectivity index (χ3n) is 7.42. The fourth-order valence-electron chi connectivity index (χ4n) is 4.32. The molecule has 7 heteroatoms. The van der Waals surface area contributed by atoms with Crippen LogP contribution in [0.4, 0.5) is 0 Å². The van der Waals surface area contributed by atoms with E-state index in [9.17, 15) is 4.79 Å².